The number of hydrogen-bond acceptors (Lipinski definition) is 20. The van der Waals surface area contributed by atoms with Gasteiger partial charge in [0.15, 0.2) is 11.5 Å². The number of ether oxygens (including phenoxy) is 2. The summed E-state index contributed by atoms with van der Waals surface area (Å²) in [5.74, 6) is -8.52. The number of rotatable bonds is 17. The van der Waals surface area contributed by atoms with Gasteiger partial charge in [-0.05, 0) is 104 Å². The Labute approximate surface area is 546 Å². The van der Waals surface area contributed by atoms with Crippen LogP contribution in [0, 0.1) is 5.92 Å². The van der Waals surface area contributed by atoms with Crippen molar-refractivity contribution in [1.82, 2.24) is 41.3 Å². The molecule has 9 rings (SSSR count). The summed E-state index contributed by atoms with van der Waals surface area (Å²) in [7, 11) is 1.81. The molecule has 4 aliphatic heterocycles. The lowest BCUT2D eigenvalue weighted by Gasteiger charge is -2.46. The summed E-state index contributed by atoms with van der Waals surface area (Å²) in [6.45, 7) is 4.77. The van der Waals surface area contributed by atoms with E-state index in [9.17, 15) is 69.3 Å². The van der Waals surface area contributed by atoms with Gasteiger partial charge < -0.3 is 98.0 Å². The molecule has 4 aromatic carbocycles. The molecule has 1 aliphatic carbocycles. The zero-order chi connectivity index (χ0) is 67.5. The van der Waals surface area contributed by atoms with E-state index in [1.807, 2.05) is 25.3 Å². The molecule has 1 saturated carbocycles. The van der Waals surface area contributed by atoms with E-state index in [1.54, 1.807) is 31.2 Å². The number of benzene rings is 4. The second-order valence-electron chi connectivity index (χ2n) is 25.5. The molecule has 16 N–H and O–H groups in total. The Bertz CT molecular complexity index is 3260. The molecule has 5 aliphatic rings. The Morgan fingerprint density at radius 3 is 1.99 bits per heavy atom. The van der Waals surface area contributed by atoms with E-state index >= 15 is 0 Å². The molecule has 4 saturated heterocycles. The van der Waals surface area contributed by atoms with E-state index in [0.29, 0.717) is 6.04 Å². The summed E-state index contributed by atoms with van der Waals surface area (Å²) >= 11 is 0. The average Bonchev–Trinajstić information content (AvgIpc) is 1.64. The summed E-state index contributed by atoms with van der Waals surface area (Å²) in [6.07, 6.45) is -7.70. The quantitative estimate of drug-likeness (QED) is 0.0560. The minimum atomic E-state index is -2.04. The van der Waals surface area contributed by atoms with Crippen molar-refractivity contribution in [2.45, 2.75) is 150 Å². The molecule has 7 amide bonds. The van der Waals surface area contributed by atoms with Crippen molar-refractivity contribution in [3.05, 3.63) is 114 Å². The third kappa shape index (κ3) is 16.4. The number of fused-ring (bicyclic) bond motifs is 2. The highest BCUT2D eigenvalue weighted by atomic mass is 16.5. The molecule has 0 radical (unpaired) electrons. The first kappa shape index (κ1) is 70.5. The number of carbonyl (C=O) groups excluding carboxylic acids is 7. The number of nitrogens with zero attached hydrogens (tertiary/aromatic N) is 4. The molecule has 13 atom stereocenters. The van der Waals surface area contributed by atoms with E-state index in [2.05, 4.69) is 72.8 Å². The number of phenolic OH excluding ortho intramolecular Hbond substituents is 1. The van der Waals surface area contributed by atoms with Crippen LogP contribution in [0.2, 0.25) is 0 Å². The highest BCUT2D eigenvalue weighted by Gasteiger charge is 2.50. The Morgan fingerprint density at radius 1 is 0.713 bits per heavy atom. The van der Waals surface area contributed by atoms with Crippen molar-refractivity contribution in [1.29, 1.82) is 0 Å². The van der Waals surface area contributed by atoms with Crippen molar-refractivity contribution < 1.29 is 78.8 Å². The van der Waals surface area contributed by atoms with Crippen LogP contribution in [0.25, 0.3) is 11.1 Å². The molecule has 4 heterocycles. The van der Waals surface area contributed by atoms with Crippen LogP contribution in [0.3, 0.4) is 0 Å². The third-order valence-electron chi connectivity index (χ3n) is 19.0. The molecule has 27 nitrogen and oxygen atoms in total. The Balaban J connectivity index is 0.928. The van der Waals surface area contributed by atoms with E-state index in [4.69, 9.17) is 20.9 Å². The maximum atomic E-state index is 14.7. The molecule has 1 unspecified atom stereocenters. The number of anilines is 1. The number of aromatic hydroxyl groups is 1. The number of aliphatic hydroxyl groups is 6. The van der Waals surface area contributed by atoms with E-state index in [1.165, 1.54) is 30.7 Å². The highest BCUT2D eigenvalue weighted by molar-refractivity contribution is 6.00. The number of amides is 7. The monoisotopic (exact) mass is 1310 g/mol. The molecule has 4 aromatic rings. The number of phenols is 1. The first-order valence-electron chi connectivity index (χ1n) is 32.4. The van der Waals surface area contributed by atoms with Crippen LogP contribution in [-0.4, -0.2) is 243 Å². The zero-order valence-electron chi connectivity index (χ0n) is 53.3. The summed E-state index contributed by atoms with van der Waals surface area (Å²) < 4.78 is 11.7. The van der Waals surface area contributed by atoms with E-state index in [-0.39, 0.29) is 60.9 Å². The molecule has 94 heavy (non-hydrogen) atoms. The van der Waals surface area contributed by atoms with Gasteiger partial charge in [-0.2, -0.15) is 0 Å². The smallest absolute Gasteiger partial charge is 0.251 e. The molecule has 510 valence electrons. The van der Waals surface area contributed by atoms with Gasteiger partial charge in [-0.1, -0.05) is 67.6 Å². The molecule has 5 fully saturated rings. The lowest BCUT2D eigenvalue weighted by molar-refractivity contribution is -0.147. The standard InChI is InChI=1S/C67H91N11O16/c1-38-36-78-58(59(38)85)64(90)70-35-47(80)33-49(71-60(86)43-12-10-41(11-13-43)42-14-16-45(17-15-42)75-26-28-76(29-27-75)46-19-22-67(93-3,23-20-46)44-7-5-4-6-8-44)61(87)72-55(39(2)79)65(91)77-37-48(81)34-50(77)62(88)73-56(63(89)74-57(66(78)92)52(83)21-24-68)53(84)31-40-9-18-51(82)54(32-40)94-30-25-69/h4-18,32,38-39,46-50,52-53,55-59,79-85H,19-31,33-37,68-69H2,1-3H3,(H,70,90)(H,71,86)(H,72,87)(H,73,88)(H,74,89)/t38-,39+,46?,47+,48+,49?,50-,52+,53+,55-,56-,57-,58-,59-,67?/m0/s1. The molecule has 0 spiro atoms. The lowest BCUT2D eigenvalue weighted by atomic mass is 9.77. The minimum absolute atomic E-state index is 0.00164. The van der Waals surface area contributed by atoms with Crippen molar-refractivity contribution in [3.63, 3.8) is 0 Å². The van der Waals surface area contributed by atoms with E-state index in [0.717, 1.165) is 78.5 Å². The summed E-state index contributed by atoms with van der Waals surface area (Å²) in [5, 5.41) is 91.6. The fourth-order valence-electron chi connectivity index (χ4n) is 13.6. The number of piperazine rings is 1. The second kappa shape index (κ2) is 31.6. The van der Waals surface area contributed by atoms with Crippen LogP contribution in [0.4, 0.5) is 5.69 Å². The number of hydrogen-bond donors (Lipinski definition) is 14. The molecule has 27 heteroatoms. The Kier molecular flexibility index (Phi) is 23.7. The fourth-order valence-corrected chi connectivity index (χ4v) is 13.6. The normalized spacial score (nSPS) is 29.0. The Hall–Kier alpha value is -7.83. The van der Waals surface area contributed by atoms with Crippen molar-refractivity contribution in [2.24, 2.45) is 17.4 Å². The van der Waals surface area contributed by atoms with Crippen molar-refractivity contribution in [2.75, 3.05) is 77.5 Å². The number of methoxy groups -OCH3 is 1. The number of nitrogens with one attached hydrogen (secondary N) is 5. The lowest BCUT2D eigenvalue weighted by Crippen LogP contribution is -2.64. The van der Waals surface area contributed by atoms with E-state index < -0.39 is 152 Å². The summed E-state index contributed by atoms with van der Waals surface area (Å²) in [4.78, 5) is 108. The van der Waals surface area contributed by atoms with Gasteiger partial charge in [0.1, 0.15) is 42.9 Å². The average molecular weight is 1310 g/mol. The first-order valence-corrected chi connectivity index (χ1v) is 32.4. The SMILES string of the molecule is COC1(c2ccccc2)CCC(N2CCN(c3ccc(-c4ccc(C(=O)NC5C[C@@H](O)CNC(=O)[C@@H]6[C@@H](O)[C@@H](C)CN6C(=O)[C@H]([C@H](O)CCN)NC(=O)[C@H]([C@H](O)Cc6ccc(O)c(OCCN)c6)NC(=O)[C@@H]6C[C@@H](O)CN6C(=O)[C@H]([C@@H](C)O)NC5=O)cc4)cc3)CC2)CC1. The van der Waals surface area contributed by atoms with Crippen molar-refractivity contribution in [3.8, 4) is 22.6 Å². The molecular weight excluding hydrogens is 1210 g/mol. The maximum absolute atomic E-state index is 14.7. The molecular formula is C67H91N11O16. The topological polar surface area (TPSA) is 405 Å². The van der Waals surface area contributed by atoms with Crippen molar-refractivity contribution >= 4 is 47.0 Å². The van der Waals surface area contributed by atoms with Gasteiger partial charge in [0.05, 0.1) is 42.2 Å². The Morgan fingerprint density at radius 2 is 1.35 bits per heavy atom. The van der Waals surface area contributed by atoms with Crippen LogP contribution >= 0.6 is 0 Å². The van der Waals surface area contributed by atoms with Gasteiger partial charge in [-0.25, -0.2) is 0 Å². The number of carbonyl (C=O) groups is 7. The van der Waals surface area contributed by atoms with Crippen LogP contribution in [0.15, 0.2) is 97.1 Å². The predicted molar refractivity (Wildman–Crippen MR) is 344 cm³/mol. The van der Waals surface area contributed by atoms with Gasteiger partial charge in [0.25, 0.3) is 5.91 Å². The maximum Gasteiger partial charge on any atom is 0.251 e. The van der Waals surface area contributed by atoms with Gasteiger partial charge >= 0.3 is 0 Å². The van der Waals surface area contributed by atoms with Crippen LogP contribution < -0.4 is 47.7 Å². The van der Waals surface area contributed by atoms with Gasteiger partial charge in [0.2, 0.25) is 35.4 Å². The van der Waals surface area contributed by atoms with Gasteiger partial charge in [-0.3, -0.25) is 38.5 Å². The number of nitrogens with two attached hydrogens (primary N) is 2. The summed E-state index contributed by atoms with van der Waals surface area (Å²) in [5.41, 5.74) is 15.5. The number of β-amino-alcohol motifs (C(OH)–C–C–N with tert-alkyl or cyclic N) is 1. The predicted octanol–water partition coefficient (Wildman–Crippen LogP) is -1.70. The summed E-state index contributed by atoms with van der Waals surface area (Å²) in [6, 6.07) is 18.8. The second-order valence-corrected chi connectivity index (χ2v) is 25.5. The van der Waals surface area contributed by atoms with Crippen LogP contribution in [0.1, 0.15) is 80.3 Å². The minimum Gasteiger partial charge on any atom is -0.504 e. The largest absolute Gasteiger partial charge is 0.504 e. The van der Waals surface area contributed by atoms with Gasteiger partial charge in [0, 0.05) is 102 Å². The molecule has 0 aromatic heterocycles. The first-order chi connectivity index (χ1) is 45.0. The van der Waals surface area contributed by atoms with Gasteiger partial charge in [-0.15, -0.1) is 0 Å². The number of aliphatic hydroxyl groups excluding tert-OH is 6. The zero-order valence-corrected chi connectivity index (χ0v) is 53.3. The fraction of sp³-hybridized carbons (Fsp3) is 0.537. The highest BCUT2D eigenvalue weighted by Crippen LogP contribution is 2.42. The van der Waals surface area contributed by atoms with Crippen LogP contribution in [0.5, 0.6) is 11.5 Å². The van der Waals surface area contributed by atoms with Crippen LogP contribution in [-0.2, 0) is 45.5 Å². The molecule has 0 bridgehead atoms. The third-order valence-corrected chi connectivity index (χ3v) is 19.0.